The molecule has 1 aliphatic heterocycles. The predicted molar refractivity (Wildman–Crippen MR) is 91.5 cm³/mol. The number of fused-ring (bicyclic) bond motifs is 1. The van der Waals surface area contributed by atoms with Crippen LogP contribution >= 0.6 is 11.6 Å². The fourth-order valence-corrected chi connectivity index (χ4v) is 3.37. The van der Waals surface area contributed by atoms with Crippen molar-refractivity contribution < 1.29 is 4.74 Å². The normalized spacial score (nSPS) is 17.3. The molecule has 0 amide bonds. The summed E-state index contributed by atoms with van der Waals surface area (Å²) in [5.74, 6) is 2.38. The van der Waals surface area contributed by atoms with E-state index in [2.05, 4.69) is 43.5 Å². The van der Waals surface area contributed by atoms with Gasteiger partial charge in [0.25, 0.3) is 0 Å². The van der Waals surface area contributed by atoms with Crippen LogP contribution < -0.4 is 0 Å². The minimum absolute atomic E-state index is 0.0331. The first-order chi connectivity index (χ1) is 10.5. The van der Waals surface area contributed by atoms with Crippen LogP contribution in [0.5, 0.6) is 0 Å². The van der Waals surface area contributed by atoms with Crippen LogP contribution in [0.3, 0.4) is 0 Å². The summed E-state index contributed by atoms with van der Waals surface area (Å²) in [4.78, 5) is 4.93. The second kappa shape index (κ2) is 6.21. The van der Waals surface area contributed by atoms with Gasteiger partial charge in [0.15, 0.2) is 0 Å². The zero-order chi connectivity index (χ0) is 15.7. The number of hydrogen-bond acceptors (Lipinski definition) is 2. The Morgan fingerprint density at radius 2 is 2.00 bits per heavy atom. The average molecular weight is 321 g/mol. The molecule has 1 saturated heterocycles. The SMILES string of the molecule is CC(C)(C)c1nc2cc(CCl)ccc2n1CC1CCOCC1. The van der Waals surface area contributed by atoms with Gasteiger partial charge in [-0.2, -0.15) is 0 Å². The Morgan fingerprint density at radius 3 is 2.64 bits per heavy atom. The number of benzene rings is 1. The Balaban J connectivity index is 2.04. The molecule has 0 bridgehead atoms. The van der Waals surface area contributed by atoms with Crippen LogP contribution in [-0.2, 0) is 22.6 Å². The number of imidazole rings is 1. The van der Waals surface area contributed by atoms with Gasteiger partial charge in [-0.25, -0.2) is 4.98 Å². The van der Waals surface area contributed by atoms with Gasteiger partial charge in [-0.3, -0.25) is 0 Å². The molecule has 0 radical (unpaired) electrons. The number of aromatic nitrogens is 2. The van der Waals surface area contributed by atoms with Crippen molar-refractivity contribution in [2.45, 2.75) is 51.5 Å². The van der Waals surface area contributed by atoms with E-state index < -0.39 is 0 Å². The highest BCUT2D eigenvalue weighted by Gasteiger charge is 2.25. The van der Waals surface area contributed by atoms with Crippen molar-refractivity contribution in [3.63, 3.8) is 0 Å². The van der Waals surface area contributed by atoms with Crippen molar-refractivity contribution in [2.75, 3.05) is 13.2 Å². The Hall–Kier alpha value is -1.06. The first-order valence-electron chi connectivity index (χ1n) is 8.12. The minimum atomic E-state index is 0.0331. The van der Waals surface area contributed by atoms with E-state index in [1.165, 1.54) is 11.3 Å². The Labute approximate surface area is 137 Å². The highest BCUT2D eigenvalue weighted by Crippen LogP contribution is 2.29. The molecule has 120 valence electrons. The first kappa shape index (κ1) is 15.8. The van der Waals surface area contributed by atoms with Gasteiger partial charge in [0.1, 0.15) is 5.82 Å². The standard InChI is InChI=1S/C18H25ClN2O/c1-18(2,3)17-20-15-10-14(11-19)4-5-16(15)21(17)12-13-6-8-22-9-7-13/h4-5,10,13H,6-9,11-12H2,1-3H3. The van der Waals surface area contributed by atoms with Crippen molar-refractivity contribution in [3.8, 4) is 0 Å². The maximum absolute atomic E-state index is 5.97. The molecule has 2 heterocycles. The van der Waals surface area contributed by atoms with Gasteiger partial charge in [0.05, 0.1) is 11.0 Å². The number of alkyl halides is 1. The molecule has 0 unspecified atom stereocenters. The third-order valence-corrected chi connectivity index (χ3v) is 4.73. The predicted octanol–water partition coefficient (Wildman–Crippen LogP) is 4.50. The van der Waals surface area contributed by atoms with Gasteiger partial charge < -0.3 is 9.30 Å². The molecule has 1 aromatic carbocycles. The van der Waals surface area contributed by atoms with E-state index in [-0.39, 0.29) is 5.41 Å². The number of nitrogens with zero attached hydrogens (tertiary/aromatic N) is 2. The van der Waals surface area contributed by atoms with Gasteiger partial charge in [0, 0.05) is 31.1 Å². The summed E-state index contributed by atoms with van der Waals surface area (Å²) in [6.07, 6.45) is 2.28. The van der Waals surface area contributed by atoms with Gasteiger partial charge in [-0.05, 0) is 36.5 Å². The van der Waals surface area contributed by atoms with Crippen LogP contribution in [0.4, 0.5) is 0 Å². The second-order valence-electron chi connectivity index (χ2n) is 7.31. The number of halogens is 1. The van der Waals surface area contributed by atoms with E-state index in [1.807, 2.05) is 0 Å². The molecule has 3 nitrogen and oxygen atoms in total. The van der Waals surface area contributed by atoms with Gasteiger partial charge in [0.2, 0.25) is 0 Å². The number of ether oxygens (including phenoxy) is 1. The average Bonchev–Trinajstić information content (AvgIpc) is 2.86. The van der Waals surface area contributed by atoms with Gasteiger partial charge in [-0.15, -0.1) is 11.6 Å². The van der Waals surface area contributed by atoms with Gasteiger partial charge in [-0.1, -0.05) is 26.8 Å². The Kier molecular flexibility index (Phi) is 4.47. The number of rotatable bonds is 3. The van der Waals surface area contributed by atoms with Crippen LogP contribution in [0.25, 0.3) is 11.0 Å². The summed E-state index contributed by atoms with van der Waals surface area (Å²) in [7, 11) is 0. The lowest BCUT2D eigenvalue weighted by atomic mass is 9.94. The highest BCUT2D eigenvalue weighted by molar-refractivity contribution is 6.17. The molecule has 2 aromatic rings. The molecule has 4 heteroatoms. The first-order valence-corrected chi connectivity index (χ1v) is 8.66. The smallest absolute Gasteiger partial charge is 0.115 e. The second-order valence-corrected chi connectivity index (χ2v) is 7.58. The summed E-state index contributed by atoms with van der Waals surface area (Å²) >= 11 is 5.97. The van der Waals surface area contributed by atoms with Crippen molar-refractivity contribution in [1.29, 1.82) is 0 Å². The maximum atomic E-state index is 5.97. The molecule has 0 N–H and O–H groups in total. The molecule has 0 aliphatic carbocycles. The molecule has 1 aliphatic rings. The van der Waals surface area contributed by atoms with Crippen LogP contribution in [0.2, 0.25) is 0 Å². The minimum Gasteiger partial charge on any atom is -0.381 e. The molecular weight excluding hydrogens is 296 g/mol. The lowest BCUT2D eigenvalue weighted by Gasteiger charge is -2.26. The highest BCUT2D eigenvalue weighted by atomic mass is 35.5. The lowest BCUT2D eigenvalue weighted by molar-refractivity contribution is 0.0611. The molecule has 0 spiro atoms. The van der Waals surface area contributed by atoms with E-state index in [0.717, 1.165) is 43.7 Å². The van der Waals surface area contributed by atoms with E-state index >= 15 is 0 Å². The van der Waals surface area contributed by atoms with Crippen LogP contribution in [0.15, 0.2) is 18.2 Å². The van der Waals surface area contributed by atoms with Crippen molar-refractivity contribution >= 4 is 22.6 Å². The third kappa shape index (κ3) is 3.16. The molecular formula is C18H25ClN2O. The summed E-state index contributed by atoms with van der Waals surface area (Å²) in [6, 6.07) is 6.41. The van der Waals surface area contributed by atoms with E-state index in [9.17, 15) is 0 Å². The fourth-order valence-electron chi connectivity index (χ4n) is 3.20. The van der Waals surface area contributed by atoms with Gasteiger partial charge >= 0.3 is 0 Å². The molecule has 22 heavy (non-hydrogen) atoms. The van der Waals surface area contributed by atoms with Crippen molar-refractivity contribution in [2.24, 2.45) is 5.92 Å². The molecule has 0 saturated carbocycles. The largest absolute Gasteiger partial charge is 0.381 e. The zero-order valence-corrected chi connectivity index (χ0v) is 14.5. The van der Waals surface area contributed by atoms with Crippen LogP contribution in [-0.4, -0.2) is 22.8 Å². The number of hydrogen-bond donors (Lipinski definition) is 0. The summed E-state index contributed by atoms with van der Waals surface area (Å²) < 4.78 is 7.91. The van der Waals surface area contributed by atoms with Crippen LogP contribution in [0, 0.1) is 5.92 Å². The summed E-state index contributed by atoms with van der Waals surface area (Å²) in [5, 5.41) is 0. The summed E-state index contributed by atoms with van der Waals surface area (Å²) in [6.45, 7) is 9.51. The molecule has 0 atom stereocenters. The fraction of sp³-hybridized carbons (Fsp3) is 0.611. The van der Waals surface area contributed by atoms with E-state index in [4.69, 9.17) is 21.3 Å². The van der Waals surface area contributed by atoms with Crippen LogP contribution in [0.1, 0.15) is 45.0 Å². The quantitative estimate of drug-likeness (QED) is 0.779. The van der Waals surface area contributed by atoms with E-state index in [1.54, 1.807) is 0 Å². The monoisotopic (exact) mass is 320 g/mol. The van der Waals surface area contributed by atoms with E-state index in [0.29, 0.717) is 11.8 Å². The molecule has 1 aromatic heterocycles. The summed E-state index contributed by atoms with van der Waals surface area (Å²) in [5.41, 5.74) is 3.46. The maximum Gasteiger partial charge on any atom is 0.115 e. The third-order valence-electron chi connectivity index (χ3n) is 4.42. The van der Waals surface area contributed by atoms with Crippen molar-refractivity contribution in [3.05, 3.63) is 29.6 Å². The lowest BCUT2D eigenvalue weighted by Crippen LogP contribution is -2.25. The van der Waals surface area contributed by atoms with Crippen molar-refractivity contribution in [1.82, 2.24) is 9.55 Å². The zero-order valence-electron chi connectivity index (χ0n) is 13.7. The Morgan fingerprint density at radius 1 is 1.27 bits per heavy atom. The molecule has 3 rings (SSSR count). The molecule has 1 fully saturated rings. The Bertz CT molecular complexity index is 651. The topological polar surface area (TPSA) is 27.1 Å².